The lowest BCUT2D eigenvalue weighted by molar-refractivity contribution is 0.107. The van der Waals surface area contributed by atoms with Gasteiger partial charge in [-0.15, -0.1) is 0 Å². The number of ether oxygens (including phenoxy) is 1. The van der Waals surface area contributed by atoms with Crippen molar-refractivity contribution in [3.05, 3.63) is 0 Å². The van der Waals surface area contributed by atoms with Crippen LogP contribution in [-0.4, -0.2) is 43.8 Å². The number of hydrogen-bond donors (Lipinski definition) is 1. The van der Waals surface area contributed by atoms with Crippen molar-refractivity contribution < 1.29 is 9.53 Å². The van der Waals surface area contributed by atoms with Crippen LogP contribution in [0.1, 0.15) is 6.42 Å². The zero-order valence-corrected chi connectivity index (χ0v) is 7.25. The highest BCUT2D eigenvalue weighted by atomic mass is 16.6. The molecule has 2 saturated heterocycles. The van der Waals surface area contributed by atoms with E-state index in [-0.39, 0.29) is 12.2 Å². The highest BCUT2D eigenvalue weighted by Crippen LogP contribution is 2.22. The third-order valence-electron chi connectivity index (χ3n) is 2.66. The predicted octanol–water partition coefficient (Wildman–Crippen LogP) is 0.0465. The fourth-order valence-electron chi connectivity index (χ4n) is 1.94. The van der Waals surface area contributed by atoms with Crippen LogP contribution >= 0.6 is 0 Å². The molecule has 1 amide bonds. The number of carbonyl (C=O) groups excluding carboxylic acids is 1. The minimum absolute atomic E-state index is 0.113. The highest BCUT2D eigenvalue weighted by molar-refractivity contribution is 5.69. The second kappa shape index (κ2) is 2.94. The van der Waals surface area contributed by atoms with Crippen molar-refractivity contribution >= 4 is 6.09 Å². The van der Waals surface area contributed by atoms with Gasteiger partial charge in [0.2, 0.25) is 0 Å². The molecule has 68 valence electrons. The quantitative estimate of drug-likeness (QED) is 0.604. The van der Waals surface area contributed by atoms with E-state index in [1.165, 1.54) is 0 Å². The second-order valence-electron chi connectivity index (χ2n) is 3.64. The largest absolute Gasteiger partial charge is 0.444 e. The molecule has 12 heavy (non-hydrogen) atoms. The van der Waals surface area contributed by atoms with Gasteiger partial charge in [-0.25, -0.2) is 4.79 Å². The number of rotatable bonds is 1. The molecule has 0 radical (unpaired) electrons. The topological polar surface area (TPSA) is 41.6 Å². The van der Waals surface area contributed by atoms with E-state index in [0.29, 0.717) is 12.5 Å². The fraction of sp³-hybridized carbons (Fsp3) is 0.875. The van der Waals surface area contributed by atoms with Crippen LogP contribution < -0.4 is 5.32 Å². The fourth-order valence-corrected chi connectivity index (χ4v) is 1.94. The Balaban J connectivity index is 1.89. The van der Waals surface area contributed by atoms with Crippen LogP contribution in [0.4, 0.5) is 4.79 Å². The maximum Gasteiger partial charge on any atom is 0.407 e. The molecule has 0 bridgehead atoms. The second-order valence-corrected chi connectivity index (χ2v) is 3.64. The van der Waals surface area contributed by atoms with Gasteiger partial charge in [-0.05, 0) is 20.0 Å². The van der Waals surface area contributed by atoms with Crippen molar-refractivity contribution in [2.45, 2.75) is 12.5 Å². The third kappa shape index (κ3) is 1.39. The van der Waals surface area contributed by atoms with E-state index in [2.05, 4.69) is 17.3 Å². The first-order valence-electron chi connectivity index (χ1n) is 4.39. The van der Waals surface area contributed by atoms with E-state index in [9.17, 15) is 4.79 Å². The van der Waals surface area contributed by atoms with Crippen LogP contribution in [0.5, 0.6) is 0 Å². The monoisotopic (exact) mass is 170 g/mol. The Bertz CT molecular complexity index is 195. The van der Waals surface area contributed by atoms with E-state index >= 15 is 0 Å². The Hall–Kier alpha value is -0.770. The zero-order chi connectivity index (χ0) is 8.55. The highest BCUT2D eigenvalue weighted by Gasteiger charge is 2.34. The zero-order valence-electron chi connectivity index (χ0n) is 7.25. The number of hydrogen-bond acceptors (Lipinski definition) is 3. The van der Waals surface area contributed by atoms with Gasteiger partial charge in [0.25, 0.3) is 0 Å². The maximum absolute atomic E-state index is 10.7. The van der Waals surface area contributed by atoms with Crippen molar-refractivity contribution in [1.29, 1.82) is 0 Å². The summed E-state index contributed by atoms with van der Waals surface area (Å²) in [5, 5.41) is 2.68. The molecule has 0 aromatic heterocycles. The van der Waals surface area contributed by atoms with E-state index in [1.54, 1.807) is 0 Å². The normalized spacial score (nSPS) is 36.6. The number of alkyl carbamates (subject to hydrolysis) is 1. The molecule has 0 aromatic rings. The summed E-state index contributed by atoms with van der Waals surface area (Å²) in [5.41, 5.74) is 0. The van der Waals surface area contributed by atoms with Gasteiger partial charge in [-0.1, -0.05) is 0 Å². The summed E-state index contributed by atoms with van der Waals surface area (Å²) in [7, 11) is 2.10. The first kappa shape index (κ1) is 7.86. The Morgan fingerprint density at radius 1 is 1.67 bits per heavy atom. The lowest BCUT2D eigenvalue weighted by atomic mass is 10.0. The standard InChI is InChI=1S/C8H14N2O2/c1-10-3-2-6(5-10)7-4-9-8(11)12-7/h6-7H,2-5H2,1H3,(H,9,11). The minimum atomic E-state index is -0.255. The maximum atomic E-state index is 10.7. The number of carbonyl (C=O) groups is 1. The summed E-state index contributed by atoms with van der Waals surface area (Å²) >= 11 is 0. The summed E-state index contributed by atoms with van der Waals surface area (Å²) in [6.45, 7) is 2.87. The van der Waals surface area contributed by atoms with E-state index in [0.717, 1.165) is 19.5 Å². The summed E-state index contributed by atoms with van der Waals surface area (Å²) < 4.78 is 5.12. The Morgan fingerprint density at radius 3 is 3.00 bits per heavy atom. The number of likely N-dealkylation sites (tertiary alicyclic amines) is 1. The molecular weight excluding hydrogens is 156 g/mol. The van der Waals surface area contributed by atoms with Crippen molar-refractivity contribution in [3.8, 4) is 0 Å². The Morgan fingerprint density at radius 2 is 2.50 bits per heavy atom. The van der Waals surface area contributed by atoms with Crippen molar-refractivity contribution in [3.63, 3.8) is 0 Å². The molecule has 0 aliphatic carbocycles. The number of nitrogens with one attached hydrogen (secondary N) is 1. The summed E-state index contributed by atoms with van der Waals surface area (Å²) in [4.78, 5) is 13.0. The van der Waals surface area contributed by atoms with E-state index in [1.807, 2.05) is 0 Å². The molecule has 2 unspecified atom stereocenters. The van der Waals surface area contributed by atoms with Crippen LogP contribution in [0.25, 0.3) is 0 Å². The van der Waals surface area contributed by atoms with Gasteiger partial charge in [-0.2, -0.15) is 0 Å². The van der Waals surface area contributed by atoms with Gasteiger partial charge in [0.15, 0.2) is 0 Å². The summed E-state index contributed by atoms with van der Waals surface area (Å²) in [5.74, 6) is 0.536. The average Bonchev–Trinajstić information content (AvgIpc) is 2.58. The molecule has 2 aliphatic rings. The molecule has 1 N–H and O–H groups in total. The van der Waals surface area contributed by atoms with Gasteiger partial charge in [0.1, 0.15) is 6.10 Å². The molecular formula is C8H14N2O2. The molecule has 2 fully saturated rings. The molecule has 0 aromatic carbocycles. The molecule has 2 aliphatic heterocycles. The molecule has 0 spiro atoms. The lowest BCUT2D eigenvalue weighted by Crippen LogP contribution is -2.26. The first-order valence-corrected chi connectivity index (χ1v) is 4.39. The van der Waals surface area contributed by atoms with Crippen LogP contribution in [0, 0.1) is 5.92 Å². The SMILES string of the molecule is CN1CCC(C2CNC(=O)O2)C1. The van der Waals surface area contributed by atoms with Crippen molar-refractivity contribution in [1.82, 2.24) is 10.2 Å². The first-order chi connectivity index (χ1) is 5.75. The molecule has 2 heterocycles. The smallest absolute Gasteiger partial charge is 0.407 e. The molecule has 4 heteroatoms. The molecule has 4 nitrogen and oxygen atoms in total. The molecule has 0 saturated carbocycles. The number of nitrogens with zero attached hydrogens (tertiary/aromatic N) is 1. The minimum Gasteiger partial charge on any atom is -0.444 e. The number of amides is 1. The summed E-state index contributed by atoms with van der Waals surface area (Å²) in [6.07, 6.45) is 1.01. The summed E-state index contributed by atoms with van der Waals surface area (Å²) in [6, 6.07) is 0. The van der Waals surface area contributed by atoms with Crippen LogP contribution in [0.3, 0.4) is 0 Å². The van der Waals surface area contributed by atoms with Gasteiger partial charge in [0, 0.05) is 12.5 Å². The Kier molecular flexibility index (Phi) is 1.92. The number of cyclic esters (lactones) is 1. The average molecular weight is 170 g/mol. The van der Waals surface area contributed by atoms with Crippen LogP contribution in [0.15, 0.2) is 0 Å². The van der Waals surface area contributed by atoms with Gasteiger partial charge in [0.05, 0.1) is 6.54 Å². The lowest BCUT2D eigenvalue weighted by Gasteiger charge is -2.15. The predicted molar refractivity (Wildman–Crippen MR) is 43.9 cm³/mol. The third-order valence-corrected chi connectivity index (χ3v) is 2.66. The van der Waals surface area contributed by atoms with Gasteiger partial charge < -0.3 is 15.0 Å². The van der Waals surface area contributed by atoms with E-state index < -0.39 is 0 Å². The molecule has 2 rings (SSSR count). The Labute approximate surface area is 71.9 Å². The van der Waals surface area contributed by atoms with Crippen LogP contribution in [-0.2, 0) is 4.74 Å². The van der Waals surface area contributed by atoms with E-state index in [4.69, 9.17) is 4.74 Å². The van der Waals surface area contributed by atoms with Crippen molar-refractivity contribution in [2.24, 2.45) is 5.92 Å². The van der Waals surface area contributed by atoms with Gasteiger partial charge in [-0.3, -0.25) is 0 Å². The van der Waals surface area contributed by atoms with Crippen molar-refractivity contribution in [2.75, 3.05) is 26.7 Å². The van der Waals surface area contributed by atoms with Gasteiger partial charge >= 0.3 is 6.09 Å². The van der Waals surface area contributed by atoms with Crippen LogP contribution in [0.2, 0.25) is 0 Å². The molecule has 2 atom stereocenters.